The van der Waals surface area contributed by atoms with Crippen LogP contribution in [0.5, 0.6) is 0 Å². The van der Waals surface area contributed by atoms with Crippen LogP contribution in [-0.4, -0.2) is 73.0 Å². The maximum absolute atomic E-state index is 13.0. The topological polar surface area (TPSA) is 99.1 Å². The van der Waals surface area contributed by atoms with Crippen LogP contribution in [0.3, 0.4) is 0 Å². The fourth-order valence-corrected chi connectivity index (χ4v) is 3.70. The van der Waals surface area contributed by atoms with Crippen LogP contribution in [0.4, 0.5) is 0 Å². The molecule has 0 fully saturated rings. The minimum Gasteiger partial charge on any atom is -0.352 e. The number of fused-ring (bicyclic) bond motifs is 1. The van der Waals surface area contributed by atoms with Gasteiger partial charge in [-0.25, -0.2) is 0 Å². The molecular weight excluding hydrogens is 414 g/mol. The first-order valence-corrected chi connectivity index (χ1v) is 10.5. The Labute approximate surface area is 186 Å². The average Bonchev–Trinajstić information content (AvgIpc) is 3.40. The monoisotopic (exact) mass is 443 g/mol. The van der Waals surface area contributed by atoms with Gasteiger partial charge in [0.25, 0.3) is 11.7 Å². The number of carbonyl (C=O) groups excluding carboxylic acids is 3. The van der Waals surface area contributed by atoms with E-state index >= 15 is 0 Å². The third kappa shape index (κ3) is 4.74. The lowest BCUT2D eigenvalue weighted by Gasteiger charge is -2.26. The number of amides is 2. The van der Waals surface area contributed by atoms with Gasteiger partial charge in [0.1, 0.15) is 6.54 Å². The predicted octanol–water partition coefficient (Wildman–Crippen LogP) is 1.71. The number of hydrogen-bond acceptors (Lipinski definition) is 6. The van der Waals surface area contributed by atoms with E-state index in [4.69, 9.17) is 14.2 Å². The van der Waals surface area contributed by atoms with Crippen molar-refractivity contribution in [3.63, 3.8) is 0 Å². The number of rotatable bonds is 10. The summed E-state index contributed by atoms with van der Waals surface area (Å²) in [4.78, 5) is 40.0. The average molecular weight is 444 g/mol. The van der Waals surface area contributed by atoms with Gasteiger partial charge in [-0.3, -0.25) is 14.4 Å². The highest BCUT2D eigenvalue weighted by atomic mass is 16.8. The summed E-state index contributed by atoms with van der Waals surface area (Å²) in [5, 5.41) is 3.19. The van der Waals surface area contributed by atoms with Gasteiger partial charge in [0.2, 0.25) is 11.7 Å². The molecule has 0 aliphatic carbocycles. The summed E-state index contributed by atoms with van der Waals surface area (Å²) in [6.45, 7) is 5.05. The summed E-state index contributed by atoms with van der Waals surface area (Å²) >= 11 is 0. The van der Waals surface area contributed by atoms with Crippen molar-refractivity contribution in [3.8, 4) is 0 Å². The third-order valence-corrected chi connectivity index (χ3v) is 5.56. The Hall–Kier alpha value is -3.01. The van der Waals surface area contributed by atoms with Crippen LogP contribution in [0.15, 0.2) is 42.6 Å². The van der Waals surface area contributed by atoms with Gasteiger partial charge in [-0.05, 0) is 32.1 Å². The molecule has 2 amide bonds. The number of methoxy groups -OCH3 is 2. The molecule has 1 aromatic heterocycles. The second-order valence-electron chi connectivity index (χ2n) is 7.36. The second-order valence-corrected chi connectivity index (χ2v) is 7.36. The van der Waals surface area contributed by atoms with Crippen molar-refractivity contribution < 1.29 is 28.6 Å². The second kappa shape index (κ2) is 10.1. The first-order valence-electron chi connectivity index (χ1n) is 10.5. The molecule has 32 heavy (non-hydrogen) atoms. The molecule has 172 valence electrons. The fraction of sp³-hybridized carbons (Fsp3) is 0.435. The van der Waals surface area contributed by atoms with Gasteiger partial charge in [-0.15, -0.1) is 0 Å². The molecule has 9 heteroatoms. The number of hydrogen-bond donors (Lipinski definition) is 1. The summed E-state index contributed by atoms with van der Waals surface area (Å²) in [7, 11) is 2.93. The molecule has 0 saturated carbocycles. The molecule has 0 saturated heterocycles. The van der Waals surface area contributed by atoms with Crippen molar-refractivity contribution in [1.29, 1.82) is 0 Å². The van der Waals surface area contributed by atoms with E-state index in [1.54, 1.807) is 39.9 Å². The molecule has 2 atom stereocenters. The van der Waals surface area contributed by atoms with E-state index in [1.165, 1.54) is 14.2 Å². The first-order chi connectivity index (χ1) is 15.4. The number of benzene rings is 1. The third-order valence-electron chi connectivity index (χ3n) is 5.56. The number of ether oxygens (including phenoxy) is 3. The van der Waals surface area contributed by atoms with E-state index in [9.17, 15) is 14.4 Å². The fourth-order valence-electron chi connectivity index (χ4n) is 3.70. The Morgan fingerprint density at radius 3 is 2.53 bits per heavy atom. The molecule has 0 spiro atoms. The van der Waals surface area contributed by atoms with Gasteiger partial charge in [-0.2, -0.15) is 0 Å². The van der Waals surface area contributed by atoms with E-state index in [0.29, 0.717) is 24.0 Å². The Morgan fingerprint density at radius 1 is 1.19 bits per heavy atom. The SMILES string of the molecule is CCN(CC)C(=O)Cn1cc(C(=O)C(=O)NCC2(OC)C=CC(OC)O2)c2ccccc21. The summed E-state index contributed by atoms with van der Waals surface area (Å²) in [5.74, 6) is -2.76. The molecule has 3 rings (SSSR count). The van der Waals surface area contributed by atoms with Crippen LogP contribution >= 0.6 is 0 Å². The van der Waals surface area contributed by atoms with Crippen molar-refractivity contribution >= 4 is 28.5 Å². The van der Waals surface area contributed by atoms with E-state index in [2.05, 4.69) is 5.32 Å². The summed E-state index contributed by atoms with van der Waals surface area (Å²) in [5.41, 5.74) is 0.942. The zero-order chi connectivity index (χ0) is 23.3. The number of aromatic nitrogens is 1. The van der Waals surface area contributed by atoms with Crippen molar-refractivity contribution in [3.05, 3.63) is 48.2 Å². The van der Waals surface area contributed by atoms with Gasteiger partial charge in [0, 0.05) is 44.4 Å². The minimum absolute atomic E-state index is 0.0564. The van der Waals surface area contributed by atoms with E-state index in [0.717, 1.165) is 0 Å². The molecule has 2 heterocycles. The minimum atomic E-state index is -1.21. The lowest BCUT2D eigenvalue weighted by atomic mass is 10.1. The molecular formula is C23H29N3O6. The number of likely N-dealkylation sites (N-methyl/N-ethyl adjacent to an activating group) is 1. The highest BCUT2D eigenvalue weighted by Gasteiger charge is 2.37. The number of Topliss-reactive ketones (excluding diaryl/α,β-unsaturated/α-hetero) is 1. The van der Waals surface area contributed by atoms with E-state index in [1.807, 2.05) is 26.0 Å². The predicted molar refractivity (Wildman–Crippen MR) is 118 cm³/mol. The van der Waals surface area contributed by atoms with E-state index in [-0.39, 0.29) is 24.6 Å². The van der Waals surface area contributed by atoms with Gasteiger partial charge in [0.15, 0.2) is 6.29 Å². The largest absolute Gasteiger partial charge is 0.352 e. The molecule has 1 aliphatic heterocycles. The van der Waals surface area contributed by atoms with Gasteiger partial charge in [0.05, 0.1) is 12.1 Å². The Bertz CT molecular complexity index is 1030. The van der Waals surface area contributed by atoms with Gasteiger partial charge >= 0.3 is 0 Å². The lowest BCUT2D eigenvalue weighted by Crippen LogP contribution is -2.46. The number of nitrogens with zero attached hydrogens (tertiary/aromatic N) is 2. The number of carbonyl (C=O) groups is 3. The summed E-state index contributed by atoms with van der Waals surface area (Å²) in [6, 6.07) is 7.20. The van der Waals surface area contributed by atoms with Gasteiger partial charge < -0.3 is 29.0 Å². The van der Waals surface area contributed by atoms with Crippen LogP contribution in [0.1, 0.15) is 24.2 Å². The molecule has 0 bridgehead atoms. The molecule has 2 aromatic rings. The molecule has 1 N–H and O–H groups in total. The van der Waals surface area contributed by atoms with Crippen molar-refractivity contribution in [1.82, 2.24) is 14.8 Å². The highest BCUT2D eigenvalue weighted by molar-refractivity contribution is 6.45. The zero-order valence-corrected chi connectivity index (χ0v) is 18.8. The van der Waals surface area contributed by atoms with Crippen LogP contribution in [-0.2, 0) is 30.3 Å². The quantitative estimate of drug-likeness (QED) is 0.341. The van der Waals surface area contributed by atoms with Gasteiger partial charge in [-0.1, -0.05) is 18.2 Å². The lowest BCUT2D eigenvalue weighted by molar-refractivity contribution is -0.238. The van der Waals surface area contributed by atoms with Crippen LogP contribution in [0.2, 0.25) is 0 Å². The van der Waals surface area contributed by atoms with E-state index < -0.39 is 23.8 Å². The molecule has 2 unspecified atom stereocenters. The Morgan fingerprint density at radius 2 is 1.91 bits per heavy atom. The highest BCUT2D eigenvalue weighted by Crippen LogP contribution is 2.25. The Kier molecular flexibility index (Phi) is 7.44. The molecule has 0 radical (unpaired) electrons. The number of nitrogens with one attached hydrogen (secondary N) is 1. The van der Waals surface area contributed by atoms with Crippen molar-refractivity contribution in [2.75, 3.05) is 33.9 Å². The molecule has 9 nitrogen and oxygen atoms in total. The molecule has 1 aliphatic rings. The Balaban J connectivity index is 1.78. The van der Waals surface area contributed by atoms with Crippen LogP contribution in [0, 0.1) is 0 Å². The summed E-state index contributed by atoms with van der Waals surface area (Å²) < 4.78 is 17.8. The normalized spacial score (nSPS) is 19.9. The zero-order valence-electron chi connectivity index (χ0n) is 18.8. The van der Waals surface area contributed by atoms with Crippen LogP contribution < -0.4 is 5.32 Å². The van der Waals surface area contributed by atoms with Crippen LogP contribution in [0.25, 0.3) is 10.9 Å². The first kappa shape index (κ1) is 23.6. The smallest absolute Gasteiger partial charge is 0.292 e. The maximum Gasteiger partial charge on any atom is 0.292 e. The number of para-hydroxylation sites is 1. The number of ketones is 1. The van der Waals surface area contributed by atoms with Crippen molar-refractivity contribution in [2.45, 2.75) is 32.5 Å². The maximum atomic E-state index is 13.0. The molecule has 1 aromatic carbocycles. The summed E-state index contributed by atoms with van der Waals surface area (Å²) in [6.07, 6.45) is 4.27. The van der Waals surface area contributed by atoms with Crippen molar-refractivity contribution in [2.24, 2.45) is 0 Å². The standard InChI is InChI=1S/C23H29N3O6/c1-5-25(6-2)19(27)14-26-13-17(16-9-7-8-10-18(16)26)21(28)22(29)24-15-23(31-4)12-11-20(30-3)32-23/h7-13,20H,5-6,14-15H2,1-4H3,(H,24,29).